The van der Waals surface area contributed by atoms with Gasteiger partial charge in [0.05, 0.1) is 5.69 Å². The molecule has 2 amide bonds. The third-order valence-corrected chi connectivity index (χ3v) is 4.64. The van der Waals surface area contributed by atoms with Gasteiger partial charge in [-0.15, -0.1) is 11.3 Å². The van der Waals surface area contributed by atoms with E-state index in [2.05, 4.69) is 10.3 Å². The lowest BCUT2D eigenvalue weighted by Crippen LogP contribution is -2.42. The van der Waals surface area contributed by atoms with Crippen LogP contribution in [0.3, 0.4) is 0 Å². The van der Waals surface area contributed by atoms with Gasteiger partial charge in [0.25, 0.3) is 5.91 Å². The molecule has 2 aromatic rings. The molecular weight excluding hydrogens is 350 g/mol. The van der Waals surface area contributed by atoms with Crippen molar-refractivity contribution in [2.45, 2.75) is 27.7 Å². The standard InChI is InChI=1S/C19H25N3O3S/c1-13(2)10-22(18(24)12-25-16-8-6-5-7-9-16)11-17(23)21-19-20-14(3)15(4)26-19/h5-9,13H,10-12H2,1-4H3,(H,20,21,23). The normalized spacial score (nSPS) is 10.7. The van der Waals surface area contributed by atoms with Gasteiger partial charge < -0.3 is 15.0 Å². The van der Waals surface area contributed by atoms with E-state index in [0.29, 0.717) is 17.4 Å². The lowest BCUT2D eigenvalue weighted by Gasteiger charge is -2.24. The van der Waals surface area contributed by atoms with Gasteiger partial charge in [0.15, 0.2) is 11.7 Å². The van der Waals surface area contributed by atoms with Crippen molar-refractivity contribution in [1.82, 2.24) is 9.88 Å². The largest absolute Gasteiger partial charge is 0.484 e. The molecule has 1 aromatic carbocycles. The number of nitrogens with one attached hydrogen (secondary N) is 1. The van der Waals surface area contributed by atoms with Crippen molar-refractivity contribution in [3.05, 3.63) is 40.9 Å². The summed E-state index contributed by atoms with van der Waals surface area (Å²) < 4.78 is 5.52. The molecule has 0 aliphatic heterocycles. The number of nitrogens with zero attached hydrogens (tertiary/aromatic N) is 2. The van der Waals surface area contributed by atoms with Crippen molar-refractivity contribution >= 4 is 28.3 Å². The maximum absolute atomic E-state index is 12.5. The molecule has 1 heterocycles. The fourth-order valence-electron chi connectivity index (χ4n) is 2.31. The molecule has 7 heteroatoms. The molecule has 6 nitrogen and oxygen atoms in total. The molecule has 0 saturated heterocycles. The summed E-state index contributed by atoms with van der Waals surface area (Å²) in [4.78, 5) is 31.7. The summed E-state index contributed by atoms with van der Waals surface area (Å²) in [5, 5.41) is 3.33. The van der Waals surface area contributed by atoms with Gasteiger partial charge >= 0.3 is 0 Å². The molecule has 0 spiro atoms. The Morgan fingerprint density at radius 2 is 1.92 bits per heavy atom. The number of benzene rings is 1. The van der Waals surface area contributed by atoms with Crippen molar-refractivity contribution in [3.8, 4) is 5.75 Å². The maximum atomic E-state index is 12.5. The van der Waals surface area contributed by atoms with E-state index >= 15 is 0 Å². The first-order valence-electron chi connectivity index (χ1n) is 8.54. The number of para-hydroxylation sites is 1. The predicted molar refractivity (Wildman–Crippen MR) is 104 cm³/mol. The van der Waals surface area contributed by atoms with Gasteiger partial charge in [-0.1, -0.05) is 32.0 Å². The smallest absolute Gasteiger partial charge is 0.260 e. The van der Waals surface area contributed by atoms with Crippen LogP contribution in [0.4, 0.5) is 5.13 Å². The number of carbonyl (C=O) groups is 2. The van der Waals surface area contributed by atoms with E-state index in [1.165, 1.54) is 16.2 Å². The summed E-state index contributed by atoms with van der Waals surface area (Å²) in [5.74, 6) is 0.396. The molecule has 0 unspecified atom stereocenters. The van der Waals surface area contributed by atoms with Gasteiger partial charge in [0.2, 0.25) is 5.91 Å². The average Bonchev–Trinajstić information content (AvgIpc) is 2.90. The predicted octanol–water partition coefficient (Wildman–Crippen LogP) is 3.26. The minimum absolute atomic E-state index is 0.0210. The van der Waals surface area contributed by atoms with Crippen LogP contribution in [0, 0.1) is 19.8 Å². The molecule has 1 N–H and O–H groups in total. The first-order valence-corrected chi connectivity index (χ1v) is 9.36. The zero-order chi connectivity index (χ0) is 19.1. The van der Waals surface area contributed by atoms with Crippen LogP contribution < -0.4 is 10.1 Å². The van der Waals surface area contributed by atoms with Crippen LogP contribution in [0.5, 0.6) is 5.75 Å². The quantitative estimate of drug-likeness (QED) is 0.769. The van der Waals surface area contributed by atoms with Crippen molar-refractivity contribution in [2.24, 2.45) is 5.92 Å². The van der Waals surface area contributed by atoms with E-state index in [9.17, 15) is 9.59 Å². The highest BCUT2D eigenvalue weighted by molar-refractivity contribution is 7.15. The summed E-state index contributed by atoms with van der Waals surface area (Å²) in [7, 11) is 0. The van der Waals surface area contributed by atoms with Gasteiger partial charge in [0, 0.05) is 11.4 Å². The van der Waals surface area contributed by atoms with Crippen LogP contribution in [0.15, 0.2) is 30.3 Å². The second kappa shape index (κ2) is 9.33. The fourth-order valence-corrected chi connectivity index (χ4v) is 3.14. The summed E-state index contributed by atoms with van der Waals surface area (Å²) in [6.45, 7) is 8.23. The van der Waals surface area contributed by atoms with Crippen LogP contribution >= 0.6 is 11.3 Å². The second-order valence-corrected chi connectivity index (χ2v) is 7.68. The Morgan fingerprint density at radius 1 is 1.23 bits per heavy atom. The van der Waals surface area contributed by atoms with Crippen LogP contribution in [0.25, 0.3) is 0 Å². The highest BCUT2D eigenvalue weighted by Gasteiger charge is 2.20. The second-order valence-electron chi connectivity index (χ2n) is 6.48. The SMILES string of the molecule is Cc1nc(NC(=O)CN(CC(C)C)C(=O)COc2ccccc2)sc1C. The van der Waals surface area contributed by atoms with E-state index in [-0.39, 0.29) is 30.9 Å². The highest BCUT2D eigenvalue weighted by atomic mass is 32.1. The molecule has 0 fully saturated rings. The Morgan fingerprint density at radius 3 is 2.50 bits per heavy atom. The van der Waals surface area contributed by atoms with E-state index in [1.807, 2.05) is 45.9 Å². The Hall–Kier alpha value is -2.41. The van der Waals surface area contributed by atoms with Crippen LogP contribution in [0.1, 0.15) is 24.4 Å². The fraction of sp³-hybridized carbons (Fsp3) is 0.421. The number of rotatable bonds is 8. The zero-order valence-electron chi connectivity index (χ0n) is 15.6. The topological polar surface area (TPSA) is 71.5 Å². The summed E-state index contributed by atoms with van der Waals surface area (Å²) >= 11 is 1.43. The molecule has 0 radical (unpaired) electrons. The summed E-state index contributed by atoms with van der Waals surface area (Å²) in [6.07, 6.45) is 0. The van der Waals surface area contributed by atoms with E-state index < -0.39 is 0 Å². The lowest BCUT2D eigenvalue weighted by atomic mass is 10.2. The Labute approximate surface area is 158 Å². The number of ether oxygens (including phenoxy) is 1. The van der Waals surface area contributed by atoms with Crippen molar-refractivity contribution in [2.75, 3.05) is 25.0 Å². The molecule has 0 aliphatic rings. The van der Waals surface area contributed by atoms with Gasteiger partial charge in [-0.25, -0.2) is 4.98 Å². The number of amides is 2. The lowest BCUT2D eigenvalue weighted by molar-refractivity contribution is -0.137. The molecule has 0 aliphatic carbocycles. The van der Waals surface area contributed by atoms with Crippen LogP contribution in [-0.4, -0.2) is 41.4 Å². The van der Waals surface area contributed by atoms with Gasteiger partial charge in [-0.3, -0.25) is 9.59 Å². The summed E-state index contributed by atoms with van der Waals surface area (Å²) in [6, 6.07) is 9.15. The number of thiazole rings is 1. The van der Waals surface area contributed by atoms with Crippen molar-refractivity contribution in [3.63, 3.8) is 0 Å². The van der Waals surface area contributed by atoms with Crippen molar-refractivity contribution in [1.29, 1.82) is 0 Å². The molecule has 2 rings (SSSR count). The third kappa shape index (κ3) is 6.15. The molecule has 0 saturated carbocycles. The minimum Gasteiger partial charge on any atom is -0.484 e. The first-order chi connectivity index (χ1) is 12.3. The number of anilines is 1. The number of hydrogen-bond acceptors (Lipinski definition) is 5. The van der Waals surface area contributed by atoms with E-state index in [4.69, 9.17) is 4.74 Å². The minimum atomic E-state index is -0.257. The molecule has 0 atom stereocenters. The molecular formula is C19H25N3O3S. The van der Waals surface area contributed by atoms with Crippen LogP contribution in [-0.2, 0) is 9.59 Å². The number of hydrogen-bond donors (Lipinski definition) is 1. The highest BCUT2D eigenvalue weighted by Crippen LogP contribution is 2.21. The van der Waals surface area contributed by atoms with Gasteiger partial charge in [-0.05, 0) is 31.9 Å². The zero-order valence-corrected chi connectivity index (χ0v) is 16.4. The third-order valence-electron chi connectivity index (χ3n) is 3.65. The molecule has 1 aromatic heterocycles. The van der Waals surface area contributed by atoms with Gasteiger partial charge in [-0.2, -0.15) is 0 Å². The molecule has 0 bridgehead atoms. The van der Waals surface area contributed by atoms with E-state index in [0.717, 1.165) is 10.6 Å². The number of aryl methyl sites for hydroxylation is 2. The monoisotopic (exact) mass is 375 g/mol. The Bertz CT molecular complexity index is 724. The molecule has 26 heavy (non-hydrogen) atoms. The summed E-state index contributed by atoms with van der Waals surface area (Å²) in [5.41, 5.74) is 0.900. The van der Waals surface area contributed by atoms with Crippen LogP contribution in [0.2, 0.25) is 0 Å². The maximum Gasteiger partial charge on any atom is 0.260 e. The van der Waals surface area contributed by atoms with Gasteiger partial charge in [0.1, 0.15) is 12.3 Å². The Balaban J connectivity index is 1.94. The van der Waals surface area contributed by atoms with E-state index in [1.54, 1.807) is 12.1 Å². The van der Waals surface area contributed by atoms with Crippen molar-refractivity contribution < 1.29 is 14.3 Å². The number of aromatic nitrogens is 1. The molecule has 140 valence electrons. The first kappa shape index (κ1) is 19.9. The average molecular weight is 375 g/mol. The number of carbonyl (C=O) groups excluding carboxylic acids is 2. The Kier molecular flexibility index (Phi) is 7.15.